The maximum absolute atomic E-state index is 13.2. The van der Waals surface area contributed by atoms with Gasteiger partial charge in [0.25, 0.3) is 5.91 Å². The third kappa shape index (κ3) is 6.07. The number of fused-ring (bicyclic) bond motifs is 1. The highest BCUT2D eigenvalue weighted by Gasteiger charge is 2.36. The minimum Gasteiger partial charge on any atom is -0.487 e. The Bertz CT molecular complexity index is 1290. The van der Waals surface area contributed by atoms with Crippen molar-refractivity contribution < 1.29 is 32.6 Å². The second-order valence-electron chi connectivity index (χ2n) is 9.11. The van der Waals surface area contributed by atoms with Gasteiger partial charge in [-0.05, 0) is 66.1 Å². The molecular weight excluding hydrogens is 539 g/mol. The number of benzene rings is 3. The van der Waals surface area contributed by atoms with Crippen LogP contribution in [0.15, 0.2) is 71.2 Å². The second kappa shape index (κ2) is 9.97. The molecule has 0 fully saturated rings. The lowest BCUT2D eigenvalue weighted by atomic mass is 9.91. The van der Waals surface area contributed by atoms with E-state index in [0.29, 0.717) is 18.6 Å². The molecule has 0 saturated heterocycles. The van der Waals surface area contributed by atoms with Gasteiger partial charge in [0.15, 0.2) is 0 Å². The molecule has 36 heavy (non-hydrogen) atoms. The molecule has 5 nitrogen and oxygen atoms in total. The molecule has 1 heterocycles. The quantitative estimate of drug-likeness (QED) is 0.376. The van der Waals surface area contributed by atoms with Gasteiger partial charge in [0.2, 0.25) is 0 Å². The fourth-order valence-corrected chi connectivity index (χ4v) is 4.66. The van der Waals surface area contributed by atoms with Crippen molar-refractivity contribution in [2.45, 2.75) is 38.1 Å². The molecule has 0 saturated carbocycles. The molecule has 0 aromatic heterocycles. The predicted octanol–water partition coefficient (Wildman–Crippen LogP) is 6.13. The van der Waals surface area contributed by atoms with Crippen LogP contribution in [0.4, 0.5) is 13.2 Å². The summed E-state index contributed by atoms with van der Waals surface area (Å²) in [5, 5.41) is 9.33. The van der Waals surface area contributed by atoms with Gasteiger partial charge in [-0.15, -0.1) is 0 Å². The van der Waals surface area contributed by atoms with Crippen molar-refractivity contribution in [3.8, 4) is 5.75 Å². The molecule has 1 aliphatic rings. The summed E-state index contributed by atoms with van der Waals surface area (Å²) in [7, 11) is 0. The van der Waals surface area contributed by atoms with Crippen molar-refractivity contribution in [3.05, 3.63) is 99.0 Å². The monoisotopic (exact) mass is 561 g/mol. The number of hydrogen-bond donors (Lipinski definition) is 1. The first-order valence-electron chi connectivity index (χ1n) is 11.2. The van der Waals surface area contributed by atoms with Gasteiger partial charge in [-0.25, -0.2) is 0 Å². The molecule has 1 aliphatic heterocycles. The van der Waals surface area contributed by atoms with Crippen molar-refractivity contribution in [1.29, 1.82) is 0 Å². The summed E-state index contributed by atoms with van der Waals surface area (Å²) in [6.45, 7) is 1.06. The molecule has 3 aromatic carbocycles. The van der Waals surface area contributed by atoms with Crippen LogP contribution >= 0.6 is 15.9 Å². The maximum Gasteiger partial charge on any atom is 0.416 e. The first-order valence-corrected chi connectivity index (χ1v) is 11.9. The Balaban J connectivity index is 1.53. The van der Waals surface area contributed by atoms with Gasteiger partial charge in [-0.1, -0.05) is 40.2 Å². The standard InChI is InChI=1S/C27H23BrF3NO4/c1-26(13-17-5-8-22(28)9-6-17)14-20-12-19(7-10-23(20)36-26)25(35)32(16-24(33)34)15-18-3-2-4-21(11-18)27(29,30)31/h2-12H,13-16H2,1H3,(H,33,34)/t26-/m1/s1. The Morgan fingerprint density at radius 3 is 2.44 bits per heavy atom. The van der Waals surface area contributed by atoms with Crippen molar-refractivity contribution >= 4 is 27.8 Å². The maximum atomic E-state index is 13.2. The largest absolute Gasteiger partial charge is 0.487 e. The van der Waals surface area contributed by atoms with Crippen molar-refractivity contribution in [2.75, 3.05) is 6.54 Å². The van der Waals surface area contributed by atoms with E-state index in [1.54, 1.807) is 18.2 Å². The normalized spacial score (nSPS) is 16.8. The Hall–Kier alpha value is -3.33. The number of carboxylic acid groups (broad SMARTS) is 1. The van der Waals surface area contributed by atoms with Gasteiger partial charge in [-0.2, -0.15) is 13.2 Å². The molecule has 0 spiro atoms. The summed E-state index contributed by atoms with van der Waals surface area (Å²) in [4.78, 5) is 25.7. The van der Waals surface area contributed by atoms with E-state index in [1.165, 1.54) is 12.1 Å². The summed E-state index contributed by atoms with van der Waals surface area (Å²) in [5.74, 6) is -1.20. The van der Waals surface area contributed by atoms with Gasteiger partial charge in [0, 0.05) is 29.4 Å². The molecule has 4 rings (SSSR count). The Kier molecular flexibility index (Phi) is 7.13. The van der Waals surface area contributed by atoms with Crippen LogP contribution in [0.1, 0.15) is 39.5 Å². The molecule has 1 N–H and O–H groups in total. The minimum absolute atomic E-state index is 0.186. The van der Waals surface area contributed by atoms with Crippen LogP contribution in [-0.2, 0) is 30.4 Å². The molecule has 9 heteroatoms. The van der Waals surface area contributed by atoms with Gasteiger partial charge in [0.05, 0.1) is 5.56 Å². The first-order chi connectivity index (χ1) is 16.9. The number of alkyl halides is 3. The lowest BCUT2D eigenvalue weighted by Gasteiger charge is -2.24. The molecule has 0 bridgehead atoms. The fourth-order valence-electron chi connectivity index (χ4n) is 4.40. The van der Waals surface area contributed by atoms with E-state index in [2.05, 4.69) is 15.9 Å². The number of carbonyl (C=O) groups is 2. The number of hydrogen-bond acceptors (Lipinski definition) is 3. The summed E-state index contributed by atoms with van der Waals surface area (Å²) in [6.07, 6.45) is -3.34. The highest BCUT2D eigenvalue weighted by Crippen LogP contribution is 2.38. The van der Waals surface area contributed by atoms with Gasteiger partial charge in [0.1, 0.15) is 17.9 Å². The third-order valence-electron chi connectivity index (χ3n) is 5.96. The number of rotatable bonds is 7. The Morgan fingerprint density at radius 2 is 1.78 bits per heavy atom. The third-order valence-corrected chi connectivity index (χ3v) is 6.49. The van der Waals surface area contributed by atoms with E-state index < -0.39 is 35.8 Å². The van der Waals surface area contributed by atoms with E-state index in [9.17, 15) is 27.9 Å². The number of halogens is 4. The zero-order valence-corrected chi connectivity index (χ0v) is 20.9. The molecule has 0 aliphatic carbocycles. The van der Waals surface area contributed by atoms with E-state index in [4.69, 9.17) is 4.74 Å². The van der Waals surface area contributed by atoms with Crippen LogP contribution in [0.5, 0.6) is 5.75 Å². The first kappa shape index (κ1) is 25.8. The zero-order valence-electron chi connectivity index (χ0n) is 19.3. The van der Waals surface area contributed by atoms with E-state index >= 15 is 0 Å². The fraction of sp³-hybridized carbons (Fsp3) is 0.259. The van der Waals surface area contributed by atoms with Gasteiger partial charge < -0.3 is 14.7 Å². The number of carboxylic acids is 1. The molecule has 1 amide bonds. The van der Waals surface area contributed by atoms with Crippen LogP contribution in [0.2, 0.25) is 0 Å². The molecular formula is C27H23BrF3NO4. The lowest BCUT2D eigenvalue weighted by molar-refractivity contribution is -0.139. The molecule has 188 valence electrons. The summed E-state index contributed by atoms with van der Waals surface area (Å²) in [6, 6.07) is 17.4. The SMILES string of the molecule is C[C@@]1(Cc2ccc(Br)cc2)Cc2cc(C(=O)N(CC(=O)O)Cc3cccc(C(F)(F)F)c3)ccc2O1. The topological polar surface area (TPSA) is 66.8 Å². The summed E-state index contributed by atoms with van der Waals surface area (Å²) < 4.78 is 46.5. The highest BCUT2D eigenvalue weighted by molar-refractivity contribution is 9.10. The van der Waals surface area contributed by atoms with Gasteiger partial charge in [-0.3, -0.25) is 9.59 Å². The second-order valence-corrected chi connectivity index (χ2v) is 10.0. The Labute approximate surface area is 214 Å². The average Bonchev–Trinajstić information content (AvgIpc) is 3.14. The molecule has 0 radical (unpaired) electrons. The smallest absolute Gasteiger partial charge is 0.416 e. The van der Waals surface area contributed by atoms with Crippen LogP contribution < -0.4 is 4.74 Å². The average molecular weight is 562 g/mol. The number of ether oxygens (including phenoxy) is 1. The predicted molar refractivity (Wildman–Crippen MR) is 131 cm³/mol. The van der Waals surface area contributed by atoms with Crippen molar-refractivity contribution in [1.82, 2.24) is 4.90 Å². The van der Waals surface area contributed by atoms with Crippen LogP contribution in [-0.4, -0.2) is 34.0 Å². The van der Waals surface area contributed by atoms with Crippen LogP contribution in [0.25, 0.3) is 0 Å². The minimum atomic E-state index is -4.54. The van der Waals surface area contributed by atoms with Crippen molar-refractivity contribution in [3.63, 3.8) is 0 Å². The van der Waals surface area contributed by atoms with E-state index in [1.807, 2.05) is 31.2 Å². The zero-order chi connectivity index (χ0) is 26.1. The molecule has 3 aromatic rings. The number of aliphatic carboxylic acids is 1. The van der Waals surface area contributed by atoms with Crippen LogP contribution in [0.3, 0.4) is 0 Å². The summed E-state index contributed by atoms with van der Waals surface area (Å²) in [5.41, 5.74) is 0.969. The van der Waals surface area contributed by atoms with Crippen molar-refractivity contribution in [2.24, 2.45) is 0 Å². The number of carbonyl (C=O) groups excluding carboxylic acids is 1. The van der Waals surface area contributed by atoms with Crippen LogP contribution in [0, 0.1) is 0 Å². The lowest BCUT2D eigenvalue weighted by Crippen LogP contribution is -2.35. The number of amides is 1. The highest BCUT2D eigenvalue weighted by atomic mass is 79.9. The molecule has 0 unspecified atom stereocenters. The Morgan fingerprint density at radius 1 is 1.06 bits per heavy atom. The van der Waals surface area contributed by atoms with E-state index in [-0.39, 0.29) is 17.7 Å². The van der Waals surface area contributed by atoms with E-state index in [0.717, 1.165) is 32.6 Å². The van der Waals surface area contributed by atoms with Gasteiger partial charge >= 0.3 is 12.1 Å². The molecule has 1 atom stereocenters. The summed E-state index contributed by atoms with van der Waals surface area (Å²) >= 11 is 3.42. The number of nitrogens with zero attached hydrogens (tertiary/aromatic N) is 1.